The fourth-order valence-corrected chi connectivity index (χ4v) is 9.49. The molecule has 10 nitrogen and oxygen atoms in total. The summed E-state index contributed by atoms with van der Waals surface area (Å²) < 4.78 is 22.6. The maximum Gasteiger partial charge on any atom is 0.335 e. The molecule has 202 valence electrons. The standard InChI is InChI=1S/C27H34O10/c1-22(2)17(16(29)21(31)34-5)24(4)18(30)14-10-27(37-20(14)22)25(24,32)8-7-23(3)19(13-6-9-35-12-13)36-15(28)11-26(23,27)33/h6,9,12,14,16-17,19-20,29,32-33H,7-8,10-11H2,1-5H3/t14-,16?,17+,19+,20-,23+,24-,25+,26+,27+/m1/s1. The molecule has 0 amide bonds. The van der Waals surface area contributed by atoms with Gasteiger partial charge in [0.1, 0.15) is 28.7 Å². The summed E-state index contributed by atoms with van der Waals surface area (Å²) >= 11 is 0. The van der Waals surface area contributed by atoms with Crippen LogP contribution >= 0.6 is 0 Å². The van der Waals surface area contributed by atoms with E-state index in [2.05, 4.69) is 0 Å². The summed E-state index contributed by atoms with van der Waals surface area (Å²) in [5.41, 5.74) is -8.82. The van der Waals surface area contributed by atoms with Crippen molar-refractivity contribution in [2.45, 2.75) is 88.5 Å². The van der Waals surface area contributed by atoms with E-state index in [1.165, 1.54) is 12.5 Å². The Labute approximate surface area is 214 Å². The Kier molecular flexibility index (Phi) is 4.75. The second kappa shape index (κ2) is 7.02. The van der Waals surface area contributed by atoms with Crippen LogP contribution in [0, 0.1) is 28.1 Å². The van der Waals surface area contributed by atoms with E-state index in [4.69, 9.17) is 18.6 Å². The van der Waals surface area contributed by atoms with E-state index < -0.39 is 81.6 Å². The number of methoxy groups -OCH3 is 1. The molecule has 1 aromatic heterocycles. The summed E-state index contributed by atoms with van der Waals surface area (Å²) in [6.07, 6.45) is -0.701. The zero-order valence-corrected chi connectivity index (χ0v) is 21.6. The molecule has 3 heterocycles. The van der Waals surface area contributed by atoms with Gasteiger partial charge in [-0.25, -0.2) is 4.79 Å². The average Bonchev–Trinajstić information content (AvgIpc) is 3.50. The largest absolute Gasteiger partial charge is 0.472 e. The van der Waals surface area contributed by atoms with E-state index in [1.54, 1.807) is 26.8 Å². The number of esters is 2. The molecule has 10 heteroatoms. The molecular formula is C27H34O10. The maximum absolute atomic E-state index is 14.1. The lowest BCUT2D eigenvalue weighted by atomic mass is 9.35. The number of carbonyl (C=O) groups is 3. The minimum Gasteiger partial charge on any atom is -0.472 e. The van der Waals surface area contributed by atoms with Gasteiger partial charge in [0.05, 0.1) is 37.6 Å². The van der Waals surface area contributed by atoms with Gasteiger partial charge in [-0.05, 0) is 37.7 Å². The van der Waals surface area contributed by atoms with Gasteiger partial charge in [0, 0.05) is 22.8 Å². The van der Waals surface area contributed by atoms with Gasteiger partial charge in [-0.1, -0.05) is 20.8 Å². The Balaban J connectivity index is 1.60. The summed E-state index contributed by atoms with van der Waals surface area (Å²) in [6, 6.07) is 1.67. The quantitative estimate of drug-likeness (QED) is 0.501. The number of carbonyl (C=O) groups excluding carboxylic acids is 3. The fourth-order valence-electron chi connectivity index (χ4n) is 9.49. The Morgan fingerprint density at radius 3 is 2.46 bits per heavy atom. The van der Waals surface area contributed by atoms with Gasteiger partial charge in [0.2, 0.25) is 0 Å². The number of hydrogen-bond donors (Lipinski definition) is 3. The van der Waals surface area contributed by atoms with E-state index in [9.17, 15) is 29.7 Å². The molecule has 3 aliphatic carbocycles. The van der Waals surface area contributed by atoms with E-state index in [-0.39, 0.29) is 25.0 Å². The van der Waals surface area contributed by atoms with Crippen molar-refractivity contribution < 1.29 is 48.3 Å². The van der Waals surface area contributed by atoms with Gasteiger partial charge in [-0.3, -0.25) is 9.59 Å². The minimum absolute atomic E-state index is 0.0138. The smallest absolute Gasteiger partial charge is 0.335 e. The lowest BCUT2D eigenvalue weighted by Gasteiger charge is -2.71. The monoisotopic (exact) mass is 518 g/mol. The Hall–Kier alpha value is -2.27. The van der Waals surface area contributed by atoms with Crippen molar-refractivity contribution in [2.75, 3.05) is 7.11 Å². The molecular weight excluding hydrogens is 484 g/mol. The maximum atomic E-state index is 14.1. The summed E-state index contributed by atoms with van der Waals surface area (Å²) in [5.74, 6) is -3.64. The van der Waals surface area contributed by atoms with Crippen molar-refractivity contribution in [3.8, 4) is 0 Å². The van der Waals surface area contributed by atoms with Gasteiger partial charge in [0.15, 0.2) is 6.10 Å². The molecule has 3 N–H and O–H groups in total. The summed E-state index contributed by atoms with van der Waals surface area (Å²) in [7, 11) is 1.15. The van der Waals surface area contributed by atoms with Crippen molar-refractivity contribution in [3.63, 3.8) is 0 Å². The first-order valence-electron chi connectivity index (χ1n) is 12.8. The van der Waals surface area contributed by atoms with E-state index >= 15 is 0 Å². The van der Waals surface area contributed by atoms with Crippen molar-refractivity contribution in [3.05, 3.63) is 24.2 Å². The van der Waals surface area contributed by atoms with Gasteiger partial charge < -0.3 is 33.9 Å². The van der Waals surface area contributed by atoms with Crippen LogP contribution in [-0.4, -0.2) is 69.2 Å². The number of fused-ring (bicyclic) bond motifs is 3. The van der Waals surface area contributed by atoms with Gasteiger partial charge in [-0.2, -0.15) is 0 Å². The van der Waals surface area contributed by atoms with Crippen molar-refractivity contribution in [1.29, 1.82) is 0 Å². The molecule has 0 aromatic carbocycles. The molecule has 0 radical (unpaired) electrons. The second-order valence-corrected chi connectivity index (χ2v) is 12.8. The van der Waals surface area contributed by atoms with Crippen LogP contribution in [0.25, 0.3) is 0 Å². The van der Waals surface area contributed by atoms with Crippen LogP contribution in [0.4, 0.5) is 0 Å². The number of cyclic esters (lactones) is 1. The number of hydrogen-bond acceptors (Lipinski definition) is 10. The van der Waals surface area contributed by atoms with Crippen molar-refractivity contribution in [1.82, 2.24) is 0 Å². The fraction of sp³-hybridized carbons (Fsp3) is 0.741. The lowest BCUT2D eigenvalue weighted by Crippen LogP contribution is -2.85. The third kappa shape index (κ3) is 2.41. The number of Topliss-reactive ketones (excluding diaryl/α,β-unsaturated/α-hetero) is 1. The molecule has 1 spiro atoms. The van der Waals surface area contributed by atoms with Crippen LogP contribution in [0.5, 0.6) is 0 Å². The van der Waals surface area contributed by atoms with E-state index in [1.807, 2.05) is 6.92 Å². The summed E-state index contributed by atoms with van der Waals surface area (Å²) in [4.78, 5) is 39.8. The van der Waals surface area contributed by atoms with Crippen molar-refractivity contribution in [2.24, 2.45) is 28.1 Å². The summed E-state index contributed by atoms with van der Waals surface area (Å²) in [6.45, 7) is 6.99. The highest BCUT2D eigenvalue weighted by Gasteiger charge is 2.90. The molecule has 3 bridgehead atoms. The van der Waals surface area contributed by atoms with Crippen LogP contribution in [-0.2, 0) is 28.6 Å². The summed E-state index contributed by atoms with van der Waals surface area (Å²) in [5, 5.41) is 36.8. The highest BCUT2D eigenvalue weighted by atomic mass is 16.6. The third-order valence-electron chi connectivity index (χ3n) is 11.2. The molecule has 6 rings (SSSR count). The van der Waals surface area contributed by atoms with Crippen molar-refractivity contribution >= 4 is 17.7 Å². The predicted octanol–water partition coefficient (Wildman–Crippen LogP) is 1.45. The Bertz CT molecular complexity index is 1190. The molecule has 2 saturated heterocycles. The number of ketones is 1. The molecule has 10 atom stereocenters. The highest BCUT2D eigenvalue weighted by molar-refractivity contribution is 5.94. The van der Waals surface area contributed by atoms with Crippen LogP contribution in [0.1, 0.15) is 65.0 Å². The third-order valence-corrected chi connectivity index (χ3v) is 11.2. The average molecular weight is 519 g/mol. The first kappa shape index (κ1) is 25.0. The van der Waals surface area contributed by atoms with Gasteiger partial charge >= 0.3 is 11.9 Å². The van der Waals surface area contributed by atoms with E-state index in [0.717, 1.165) is 7.11 Å². The lowest BCUT2D eigenvalue weighted by molar-refractivity contribution is -0.359. The van der Waals surface area contributed by atoms with Gasteiger partial charge in [-0.15, -0.1) is 0 Å². The number of furan rings is 1. The van der Waals surface area contributed by atoms with Crippen LogP contribution in [0.2, 0.25) is 0 Å². The van der Waals surface area contributed by atoms with Gasteiger partial charge in [0.25, 0.3) is 0 Å². The zero-order chi connectivity index (χ0) is 27.0. The number of ether oxygens (including phenoxy) is 3. The second-order valence-electron chi connectivity index (χ2n) is 12.8. The molecule has 1 aromatic rings. The first-order chi connectivity index (χ1) is 17.2. The Morgan fingerprint density at radius 2 is 1.84 bits per heavy atom. The molecule has 1 unspecified atom stereocenters. The van der Waals surface area contributed by atoms with E-state index in [0.29, 0.717) is 5.56 Å². The molecule has 2 aliphatic heterocycles. The normalized spacial score (nSPS) is 50.2. The molecule has 5 fully saturated rings. The number of aliphatic hydroxyl groups excluding tert-OH is 1. The first-order valence-corrected chi connectivity index (χ1v) is 12.8. The number of aliphatic hydroxyl groups is 3. The van der Waals surface area contributed by atoms with Crippen LogP contribution in [0.3, 0.4) is 0 Å². The minimum atomic E-state index is -2.00. The molecule has 3 saturated carbocycles. The predicted molar refractivity (Wildman–Crippen MR) is 124 cm³/mol. The van der Waals surface area contributed by atoms with Crippen LogP contribution in [0.15, 0.2) is 23.0 Å². The molecule has 5 aliphatic rings. The SMILES string of the molecule is COC(=O)C(O)[C@H]1C(C)(C)[C@@H]2O[C@@]34C[C@@H]2C(=O)[C@]1(C)[C@@]3(O)CC[C@@]1(C)[C@H](c2ccoc2)OC(=O)C[C@@]41O. The number of rotatable bonds is 3. The zero-order valence-electron chi connectivity index (χ0n) is 21.6. The topological polar surface area (TPSA) is 153 Å². The Morgan fingerprint density at radius 1 is 1.14 bits per heavy atom. The highest BCUT2D eigenvalue weighted by Crippen LogP contribution is 2.78. The van der Waals surface area contributed by atoms with Crippen LogP contribution < -0.4 is 0 Å². The molecule has 37 heavy (non-hydrogen) atoms.